The lowest BCUT2D eigenvalue weighted by atomic mass is 10.2. The Balaban J connectivity index is 1.91. The van der Waals surface area contributed by atoms with Crippen LogP contribution in [0, 0.1) is 0 Å². The molecule has 7 nitrogen and oxygen atoms in total. The first-order valence-electron chi connectivity index (χ1n) is 7.36. The molecule has 0 bridgehead atoms. The number of benzene rings is 1. The van der Waals surface area contributed by atoms with E-state index in [0.29, 0.717) is 25.5 Å². The Hall–Kier alpha value is -2.38. The SMILES string of the molecule is CCOCCOCC(=O)Nc1ccc2c(ccn2CC(=O)O)c1. The molecule has 0 saturated heterocycles. The van der Waals surface area contributed by atoms with Gasteiger partial charge in [0.05, 0.1) is 13.2 Å². The van der Waals surface area contributed by atoms with Crippen LogP contribution in [0.1, 0.15) is 6.92 Å². The molecule has 23 heavy (non-hydrogen) atoms. The van der Waals surface area contributed by atoms with E-state index in [2.05, 4.69) is 5.32 Å². The van der Waals surface area contributed by atoms with Gasteiger partial charge >= 0.3 is 5.97 Å². The molecule has 0 unspecified atom stereocenters. The lowest BCUT2D eigenvalue weighted by molar-refractivity contribution is -0.137. The molecule has 0 spiro atoms. The maximum atomic E-state index is 11.8. The highest BCUT2D eigenvalue weighted by Gasteiger charge is 2.07. The first-order valence-corrected chi connectivity index (χ1v) is 7.36. The van der Waals surface area contributed by atoms with Gasteiger partial charge in [-0.2, -0.15) is 0 Å². The van der Waals surface area contributed by atoms with E-state index in [1.165, 1.54) is 0 Å². The van der Waals surface area contributed by atoms with E-state index in [1.54, 1.807) is 29.0 Å². The van der Waals surface area contributed by atoms with Crippen molar-refractivity contribution in [3.8, 4) is 0 Å². The molecule has 0 aliphatic carbocycles. The third-order valence-electron chi connectivity index (χ3n) is 3.17. The molecule has 1 aromatic carbocycles. The zero-order chi connectivity index (χ0) is 16.7. The van der Waals surface area contributed by atoms with Gasteiger partial charge in [0.1, 0.15) is 13.2 Å². The van der Waals surface area contributed by atoms with E-state index < -0.39 is 5.97 Å². The van der Waals surface area contributed by atoms with Crippen molar-refractivity contribution in [2.75, 3.05) is 31.7 Å². The zero-order valence-corrected chi connectivity index (χ0v) is 12.9. The first kappa shape index (κ1) is 17.0. The molecular weight excluding hydrogens is 300 g/mol. The fraction of sp³-hybridized carbons (Fsp3) is 0.375. The molecule has 0 saturated carbocycles. The van der Waals surface area contributed by atoms with Gasteiger partial charge < -0.3 is 24.5 Å². The molecule has 0 fully saturated rings. The van der Waals surface area contributed by atoms with Crippen LogP contribution in [0.4, 0.5) is 5.69 Å². The summed E-state index contributed by atoms with van der Waals surface area (Å²) in [5.74, 6) is -1.14. The number of hydrogen-bond acceptors (Lipinski definition) is 4. The van der Waals surface area contributed by atoms with Crippen molar-refractivity contribution >= 4 is 28.5 Å². The van der Waals surface area contributed by atoms with Crippen molar-refractivity contribution in [1.82, 2.24) is 4.57 Å². The Morgan fingerprint density at radius 1 is 1.22 bits per heavy atom. The van der Waals surface area contributed by atoms with Gasteiger partial charge in [-0.05, 0) is 31.2 Å². The summed E-state index contributed by atoms with van der Waals surface area (Å²) in [6.45, 7) is 3.23. The number of carboxylic acid groups (broad SMARTS) is 1. The van der Waals surface area contributed by atoms with Gasteiger partial charge in [0.25, 0.3) is 0 Å². The average Bonchev–Trinajstić information content (AvgIpc) is 2.89. The highest BCUT2D eigenvalue weighted by Crippen LogP contribution is 2.20. The van der Waals surface area contributed by atoms with Crippen LogP contribution in [0.15, 0.2) is 30.5 Å². The highest BCUT2D eigenvalue weighted by molar-refractivity contribution is 5.94. The number of aromatic nitrogens is 1. The molecule has 2 rings (SSSR count). The first-order chi connectivity index (χ1) is 11.1. The molecule has 0 aliphatic heterocycles. The number of anilines is 1. The summed E-state index contributed by atoms with van der Waals surface area (Å²) in [4.78, 5) is 22.6. The molecular formula is C16H20N2O5. The number of amides is 1. The smallest absolute Gasteiger partial charge is 0.323 e. The van der Waals surface area contributed by atoms with Crippen molar-refractivity contribution < 1.29 is 24.2 Å². The predicted molar refractivity (Wildman–Crippen MR) is 85.5 cm³/mol. The molecule has 124 valence electrons. The van der Waals surface area contributed by atoms with Crippen molar-refractivity contribution in [3.63, 3.8) is 0 Å². The third kappa shape index (κ3) is 5.08. The average molecular weight is 320 g/mol. The van der Waals surface area contributed by atoms with Crippen molar-refractivity contribution in [2.45, 2.75) is 13.5 Å². The Labute approximate surface area is 133 Å². The lowest BCUT2D eigenvalue weighted by Gasteiger charge is -2.07. The van der Waals surface area contributed by atoms with Crippen LogP contribution in [-0.2, 0) is 25.6 Å². The highest BCUT2D eigenvalue weighted by atomic mass is 16.5. The van der Waals surface area contributed by atoms with Gasteiger partial charge in [-0.25, -0.2) is 0 Å². The number of carboxylic acids is 1. The maximum Gasteiger partial charge on any atom is 0.323 e. The van der Waals surface area contributed by atoms with E-state index in [4.69, 9.17) is 14.6 Å². The fourth-order valence-electron chi connectivity index (χ4n) is 2.19. The fourth-order valence-corrected chi connectivity index (χ4v) is 2.19. The number of rotatable bonds is 9. The standard InChI is InChI=1S/C16H20N2O5/c1-2-22-7-8-23-11-15(19)17-13-3-4-14-12(9-13)5-6-18(14)10-16(20)21/h3-6,9H,2,7-8,10-11H2,1H3,(H,17,19)(H,20,21). The van der Waals surface area contributed by atoms with Gasteiger partial charge in [-0.15, -0.1) is 0 Å². The van der Waals surface area contributed by atoms with Crippen LogP contribution in [0.5, 0.6) is 0 Å². The molecule has 7 heteroatoms. The number of hydrogen-bond donors (Lipinski definition) is 2. The minimum Gasteiger partial charge on any atom is -0.480 e. The zero-order valence-electron chi connectivity index (χ0n) is 12.9. The monoisotopic (exact) mass is 320 g/mol. The summed E-state index contributed by atoms with van der Waals surface area (Å²) >= 11 is 0. The van der Waals surface area contributed by atoms with E-state index in [9.17, 15) is 9.59 Å². The quantitative estimate of drug-likeness (QED) is 0.687. The third-order valence-corrected chi connectivity index (χ3v) is 3.17. The normalized spacial score (nSPS) is 10.8. The molecule has 1 amide bonds. The topological polar surface area (TPSA) is 89.8 Å². The number of fused-ring (bicyclic) bond motifs is 1. The number of carbonyl (C=O) groups excluding carboxylic acids is 1. The molecule has 2 aromatic rings. The van der Waals surface area contributed by atoms with Crippen LogP contribution >= 0.6 is 0 Å². The summed E-state index contributed by atoms with van der Waals surface area (Å²) in [6.07, 6.45) is 1.71. The number of nitrogens with zero attached hydrogens (tertiary/aromatic N) is 1. The van der Waals surface area contributed by atoms with E-state index in [1.807, 2.05) is 13.0 Å². The minimum atomic E-state index is -0.899. The van der Waals surface area contributed by atoms with Gasteiger partial charge in [0, 0.05) is 29.4 Å². The molecule has 1 aromatic heterocycles. The predicted octanol–water partition coefficient (Wildman–Crippen LogP) is 1.72. The summed E-state index contributed by atoms with van der Waals surface area (Å²) in [5.41, 5.74) is 1.45. The van der Waals surface area contributed by atoms with Crippen LogP contribution in [0.3, 0.4) is 0 Å². The van der Waals surface area contributed by atoms with Gasteiger partial charge in [0.15, 0.2) is 0 Å². The van der Waals surface area contributed by atoms with Crippen molar-refractivity contribution in [1.29, 1.82) is 0 Å². The Morgan fingerprint density at radius 3 is 2.74 bits per heavy atom. The van der Waals surface area contributed by atoms with Crippen molar-refractivity contribution in [3.05, 3.63) is 30.5 Å². The number of carbonyl (C=O) groups is 2. The Bertz CT molecular complexity index is 680. The summed E-state index contributed by atoms with van der Waals surface area (Å²) in [7, 11) is 0. The molecule has 0 radical (unpaired) electrons. The van der Waals surface area contributed by atoms with Crippen LogP contribution in [-0.4, -0.2) is 48.0 Å². The lowest BCUT2D eigenvalue weighted by Crippen LogP contribution is -2.19. The van der Waals surface area contributed by atoms with Crippen LogP contribution < -0.4 is 5.32 Å². The van der Waals surface area contributed by atoms with Crippen LogP contribution in [0.2, 0.25) is 0 Å². The van der Waals surface area contributed by atoms with Gasteiger partial charge in [-0.3, -0.25) is 9.59 Å². The molecule has 1 heterocycles. The second-order valence-electron chi connectivity index (χ2n) is 4.91. The van der Waals surface area contributed by atoms with E-state index in [-0.39, 0.29) is 19.1 Å². The number of aliphatic carboxylic acids is 1. The second-order valence-corrected chi connectivity index (χ2v) is 4.91. The molecule has 2 N–H and O–H groups in total. The summed E-state index contributed by atoms with van der Waals surface area (Å²) < 4.78 is 11.9. The van der Waals surface area contributed by atoms with Crippen LogP contribution in [0.25, 0.3) is 10.9 Å². The number of ether oxygens (including phenoxy) is 2. The summed E-state index contributed by atoms with van der Waals surface area (Å²) in [5, 5.41) is 12.5. The Morgan fingerprint density at radius 2 is 2.00 bits per heavy atom. The summed E-state index contributed by atoms with van der Waals surface area (Å²) in [6, 6.07) is 7.13. The maximum absolute atomic E-state index is 11.8. The largest absolute Gasteiger partial charge is 0.480 e. The van der Waals surface area contributed by atoms with E-state index >= 15 is 0 Å². The van der Waals surface area contributed by atoms with Crippen molar-refractivity contribution in [2.24, 2.45) is 0 Å². The minimum absolute atomic E-state index is 0.0366. The second kappa shape index (κ2) is 8.30. The Kier molecular flexibility index (Phi) is 6.13. The van der Waals surface area contributed by atoms with E-state index in [0.717, 1.165) is 10.9 Å². The molecule has 0 aliphatic rings. The van der Waals surface area contributed by atoms with Gasteiger partial charge in [-0.1, -0.05) is 0 Å². The molecule has 0 atom stereocenters. The number of nitrogens with one attached hydrogen (secondary N) is 1. The van der Waals surface area contributed by atoms with Gasteiger partial charge in [0.2, 0.25) is 5.91 Å².